The van der Waals surface area contributed by atoms with Crippen molar-refractivity contribution in [1.29, 1.82) is 0 Å². The van der Waals surface area contributed by atoms with E-state index in [2.05, 4.69) is 17.3 Å². The number of nitrogens with one attached hydrogen (secondary N) is 1. The van der Waals surface area contributed by atoms with Crippen LogP contribution in [0, 0.1) is 12.8 Å². The molecule has 1 amide bonds. The lowest BCUT2D eigenvalue weighted by atomic mass is 9.86. The van der Waals surface area contributed by atoms with E-state index in [1.165, 1.54) is 31.0 Å². The molecule has 1 saturated carbocycles. The van der Waals surface area contributed by atoms with Gasteiger partial charge in [-0.1, -0.05) is 49.2 Å². The normalized spacial score (nSPS) is 23.1. The molecule has 0 spiro atoms. The summed E-state index contributed by atoms with van der Waals surface area (Å²) in [6.45, 7) is 4.24. The van der Waals surface area contributed by atoms with E-state index < -0.39 is 0 Å². The third-order valence-electron chi connectivity index (χ3n) is 6.53. The second-order valence-corrected chi connectivity index (χ2v) is 9.79. The molecular formula is C23H27N5O2S. The molecule has 3 aromatic rings. The Balaban J connectivity index is 1.41. The quantitative estimate of drug-likeness (QED) is 0.631. The van der Waals surface area contributed by atoms with Gasteiger partial charge in [0.2, 0.25) is 5.91 Å². The van der Waals surface area contributed by atoms with Crippen LogP contribution in [0.2, 0.25) is 0 Å². The minimum atomic E-state index is -0.175. The van der Waals surface area contributed by atoms with Crippen molar-refractivity contribution in [1.82, 2.24) is 24.6 Å². The highest BCUT2D eigenvalue weighted by atomic mass is 32.2. The summed E-state index contributed by atoms with van der Waals surface area (Å²) >= 11 is 1.53. The van der Waals surface area contributed by atoms with Gasteiger partial charge in [0.25, 0.3) is 5.56 Å². The third kappa shape index (κ3) is 3.78. The largest absolute Gasteiger partial charge is 0.353 e. The van der Waals surface area contributed by atoms with Crippen LogP contribution in [0.1, 0.15) is 50.6 Å². The topological polar surface area (TPSA) is 81.8 Å². The molecule has 0 saturated heterocycles. The van der Waals surface area contributed by atoms with Gasteiger partial charge in [-0.15, -0.1) is 0 Å². The van der Waals surface area contributed by atoms with Crippen molar-refractivity contribution < 1.29 is 4.79 Å². The molecule has 1 aliphatic carbocycles. The maximum Gasteiger partial charge on any atom is 0.265 e. The predicted octanol–water partition coefficient (Wildman–Crippen LogP) is 3.62. The molecule has 2 aliphatic rings. The van der Waals surface area contributed by atoms with E-state index in [-0.39, 0.29) is 23.6 Å². The summed E-state index contributed by atoms with van der Waals surface area (Å²) in [7, 11) is 0. The average Bonchev–Trinajstić information content (AvgIpc) is 3.35. The van der Waals surface area contributed by atoms with Gasteiger partial charge in [0.1, 0.15) is 5.39 Å². The fourth-order valence-electron chi connectivity index (χ4n) is 4.67. The van der Waals surface area contributed by atoms with Crippen LogP contribution in [0.4, 0.5) is 0 Å². The number of hydrogen-bond donors (Lipinski definition) is 1. The molecule has 1 aliphatic heterocycles. The second-order valence-electron chi connectivity index (χ2n) is 8.80. The summed E-state index contributed by atoms with van der Waals surface area (Å²) in [6.07, 6.45) is 6.52. The van der Waals surface area contributed by atoms with Crippen LogP contribution >= 0.6 is 11.8 Å². The Kier molecular flexibility index (Phi) is 5.33. The van der Waals surface area contributed by atoms with E-state index in [0.29, 0.717) is 34.3 Å². The summed E-state index contributed by atoms with van der Waals surface area (Å²) in [5, 5.41) is 8.78. The summed E-state index contributed by atoms with van der Waals surface area (Å²) in [5.74, 6) is 1.22. The predicted molar refractivity (Wildman–Crippen MR) is 122 cm³/mol. The molecule has 1 aromatic carbocycles. The number of aromatic nitrogens is 4. The molecule has 162 valence electrons. The summed E-state index contributed by atoms with van der Waals surface area (Å²) in [6, 6.07) is 8.05. The number of fused-ring (bicyclic) bond motifs is 2. The molecule has 3 heterocycles. The highest BCUT2D eigenvalue weighted by Gasteiger charge is 2.31. The number of carbonyl (C=O) groups is 1. The molecule has 1 fully saturated rings. The van der Waals surface area contributed by atoms with Crippen molar-refractivity contribution in [2.45, 2.75) is 63.2 Å². The molecule has 8 heteroatoms. The maximum absolute atomic E-state index is 13.3. The Morgan fingerprint density at radius 2 is 2.00 bits per heavy atom. The van der Waals surface area contributed by atoms with E-state index in [9.17, 15) is 9.59 Å². The van der Waals surface area contributed by atoms with E-state index >= 15 is 0 Å². The average molecular weight is 438 g/mol. The van der Waals surface area contributed by atoms with Crippen molar-refractivity contribution in [3.05, 3.63) is 46.4 Å². The van der Waals surface area contributed by atoms with Crippen molar-refractivity contribution in [2.24, 2.45) is 5.92 Å². The Morgan fingerprint density at radius 3 is 2.77 bits per heavy atom. The number of aryl methyl sites for hydroxylation is 1. The van der Waals surface area contributed by atoms with E-state index in [0.717, 1.165) is 17.7 Å². The number of carbonyl (C=O) groups excluding carboxylic acids is 1. The number of amides is 1. The monoisotopic (exact) mass is 437 g/mol. The summed E-state index contributed by atoms with van der Waals surface area (Å²) in [4.78, 5) is 30.8. The van der Waals surface area contributed by atoms with E-state index in [4.69, 9.17) is 4.98 Å². The van der Waals surface area contributed by atoms with E-state index in [1.54, 1.807) is 15.4 Å². The van der Waals surface area contributed by atoms with Gasteiger partial charge in [-0.2, -0.15) is 5.10 Å². The lowest BCUT2D eigenvalue weighted by Gasteiger charge is -2.29. The van der Waals surface area contributed by atoms with Gasteiger partial charge in [-0.05, 0) is 37.8 Å². The number of rotatable bonds is 4. The van der Waals surface area contributed by atoms with Crippen LogP contribution in [0.3, 0.4) is 0 Å². The smallest absolute Gasteiger partial charge is 0.265 e. The fraction of sp³-hybridized carbons (Fsp3) is 0.478. The summed E-state index contributed by atoms with van der Waals surface area (Å²) < 4.78 is 3.40. The van der Waals surface area contributed by atoms with Crippen molar-refractivity contribution >= 4 is 28.7 Å². The van der Waals surface area contributed by atoms with Gasteiger partial charge in [0, 0.05) is 18.2 Å². The minimum Gasteiger partial charge on any atom is -0.353 e. The molecular weight excluding hydrogens is 410 g/mol. The standard InChI is InChI=1S/C23H27N5O2S/c1-14-7-9-16(10-8-14)28-21-18(12-24-28)22(30)27-17(13-31-23(27)26-21)11-20(29)25-19-6-4-3-5-15(19)2/h7-10,12,15,17,19H,3-6,11,13H2,1-2H3,(H,25,29). The fourth-order valence-corrected chi connectivity index (χ4v) is 5.80. The zero-order chi connectivity index (χ0) is 21.5. The van der Waals surface area contributed by atoms with Gasteiger partial charge in [-0.3, -0.25) is 14.2 Å². The molecule has 3 atom stereocenters. The minimum absolute atomic E-state index is 0.0274. The van der Waals surface area contributed by atoms with Gasteiger partial charge < -0.3 is 5.32 Å². The SMILES string of the molecule is Cc1ccc(-n2ncc3c(=O)n4c(nc32)SCC4CC(=O)NC2CCCCC2C)cc1. The highest BCUT2D eigenvalue weighted by Crippen LogP contribution is 2.33. The summed E-state index contributed by atoms with van der Waals surface area (Å²) in [5.41, 5.74) is 2.48. The van der Waals surface area contributed by atoms with E-state index in [1.807, 2.05) is 31.2 Å². The number of thioether (sulfide) groups is 1. The molecule has 7 nitrogen and oxygen atoms in total. The van der Waals surface area contributed by atoms with Gasteiger partial charge in [0.05, 0.1) is 17.9 Å². The Bertz CT molecular complexity index is 1180. The first kappa shape index (κ1) is 20.3. The Labute approximate surface area is 185 Å². The second kappa shape index (κ2) is 8.15. The lowest BCUT2D eigenvalue weighted by Crippen LogP contribution is -2.42. The van der Waals surface area contributed by atoms with Crippen molar-refractivity contribution in [3.63, 3.8) is 0 Å². The Hall–Kier alpha value is -2.61. The molecule has 0 radical (unpaired) electrons. The first-order valence-electron chi connectivity index (χ1n) is 11.0. The number of hydrogen-bond acceptors (Lipinski definition) is 5. The van der Waals surface area contributed by atoms with Crippen LogP contribution in [-0.2, 0) is 4.79 Å². The molecule has 5 rings (SSSR count). The first-order chi connectivity index (χ1) is 15.0. The Morgan fingerprint density at radius 1 is 1.23 bits per heavy atom. The van der Waals surface area contributed by atoms with Crippen LogP contribution in [0.5, 0.6) is 0 Å². The highest BCUT2D eigenvalue weighted by molar-refractivity contribution is 7.99. The first-order valence-corrected chi connectivity index (χ1v) is 12.0. The maximum atomic E-state index is 13.3. The molecule has 0 bridgehead atoms. The van der Waals surface area contributed by atoms with Gasteiger partial charge >= 0.3 is 0 Å². The van der Waals surface area contributed by atoms with Crippen molar-refractivity contribution in [3.8, 4) is 5.69 Å². The zero-order valence-corrected chi connectivity index (χ0v) is 18.7. The molecule has 3 unspecified atom stereocenters. The van der Waals surface area contributed by atoms with Gasteiger partial charge in [0.15, 0.2) is 10.8 Å². The number of nitrogens with zero attached hydrogens (tertiary/aromatic N) is 4. The molecule has 31 heavy (non-hydrogen) atoms. The lowest BCUT2D eigenvalue weighted by molar-refractivity contribution is -0.123. The van der Waals surface area contributed by atoms with Crippen LogP contribution in [-0.4, -0.2) is 37.0 Å². The van der Waals surface area contributed by atoms with Crippen LogP contribution in [0.15, 0.2) is 40.4 Å². The van der Waals surface area contributed by atoms with Crippen molar-refractivity contribution in [2.75, 3.05) is 5.75 Å². The third-order valence-corrected chi connectivity index (χ3v) is 7.63. The zero-order valence-electron chi connectivity index (χ0n) is 17.9. The van der Waals surface area contributed by atoms with Crippen LogP contribution < -0.4 is 10.9 Å². The molecule has 2 aromatic heterocycles. The number of benzene rings is 1. The molecule has 1 N–H and O–H groups in total. The van der Waals surface area contributed by atoms with Gasteiger partial charge in [-0.25, -0.2) is 9.67 Å². The van der Waals surface area contributed by atoms with Crippen LogP contribution in [0.25, 0.3) is 16.7 Å².